The van der Waals surface area contributed by atoms with Gasteiger partial charge < -0.3 is 15.6 Å². The number of para-hydroxylation sites is 1. The van der Waals surface area contributed by atoms with Crippen molar-refractivity contribution in [1.82, 2.24) is 9.88 Å². The number of aryl methyl sites for hydroxylation is 1. The van der Waals surface area contributed by atoms with E-state index in [1.165, 1.54) is 10.9 Å². The van der Waals surface area contributed by atoms with Crippen LogP contribution in [0.4, 0.5) is 0 Å². The molecule has 1 unspecified atom stereocenters. The summed E-state index contributed by atoms with van der Waals surface area (Å²) >= 11 is 0. The Balaban J connectivity index is 1.75. The van der Waals surface area contributed by atoms with Crippen LogP contribution >= 0.6 is 0 Å². The highest BCUT2D eigenvalue weighted by molar-refractivity contribution is 5.79. The van der Waals surface area contributed by atoms with E-state index in [0.717, 1.165) is 13.0 Å². The number of nitrogens with one attached hydrogen (secondary N) is 1. The van der Waals surface area contributed by atoms with Crippen molar-refractivity contribution in [2.75, 3.05) is 13.1 Å². The monoisotopic (exact) mass is 273 g/mol. The van der Waals surface area contributed by atoms with Gasteiger partial charge in [-0.2, -0.15) is 0 Å². The van der Waals surface area contributed by atoms with Crippen LogP contribution in [0.15, 0.2) is 36.5 Å². The summed E-state index contributed by atoms with van der Waals surface area (Å²) in [5.74, 6) is 0.351. The second-order valence-electron chi connectivity index (χ2n) is 5.32. The Kier molecular flexibility index (Phi) is 5.18. The van der Waals surface area contributed by atoms with E-state index in [1.54, 1.807) is 0 Å². The van der Waals surface area contributed by atoms with Gasteiger partial charge in [-0.25, -0.2) is 0 Å². The van der Waals surface area contributed by atoms with Crippen molar-refractivity contribution in [2.45, 2.75) is 26.3 Å². The van der Waals surface area contributed by atoms with Crippen LogP contribution in [0.1, 0.15) is 19.8 Å². The maximum atomic E-state index is 11.6. The molecule has 0 aliphatic heterocycles. The van der Waals surface area contributed by atoms with Crippen molar-refractivity contribution >= 4 is 16.8 Å². The summed E-state index contributed by atoms with van der Waals surface area (Å²) in [4.78, 5) is 11.6. The van der Waals surface area contributed by atoms with Gasteiger partial charge in [0.25, 0.3) is 0 Å². The minimum atomic E-state index is 0.0975. The first-order valence-corrected chi connectivity index (χ1v) is 7.21. The first kappa shape index (κ1) is 14.6. The normalized spacial score (nSPS) is 12.5. The van der Waals surface area contributed by atoms with Crippen molar-refractivity contribution < 1.29 is 4.79 Å². The lowest BCUT2D eigenvalue weighted by Crippen LogP contribution is -2.28. The second-order valence-corrected chi connectivity index (χ2v) is 5.32. The van der Waals surface area contributed by atoms with Gasteiger partial charge in [-0.3, -0.25) is 4.79 Å². The van der Waals surface area contributed by atoms with Gasteiger partial charge in [0.15, 0.2) is 0 Å². The molecule has 2 aromatic rings. The van der Waals surface area contributed by atoms with Crippen molar-refractivity contribution in [3.05, 3.63) is 36.5 Å². The molecule has 1 amide bonds. The lowest BCUT2D eigenvalue weighted by molar-refractivity contribution is -0.121. The molecule has 1 aromatic carbocycles. The molecule has 4 heteroatoms. The van der Waals surface area contributed by atoms with Crippen LogP contribution in [0, 0.1) is 5.92 Å². The van der Waals surface area contributed by atoms with E-state index < -0.39 is 0 Å². The summed E-state index contributed by atoms with van der Waals surface area (Å²) in [6.07, 6.45) is 3.55. The predicted molar refractivity (Wildman–Crippen MR) is 82.4 cm³/mol. The number of nitrogens with zero attached hydrogens (tertiary/aromatic N) is 1. The van der Waals surface area contributed by atoms with E-state index in [0.29, 0.717) is 19.5 Å². The fourth-order valence-electron chi connectivity index (χ4n) is 2.28. The Morgan fingerprint density at radius 3 is 2.95 bits per heavy atom. The van der Waals surface area contributed by atoms with Crippen LogP contribution < -0.4 is 11.1 Å². The van der Waals surface area contributed by atoms with E-state index in [-0.39, 0.29) is 11.8 Å². The number of nitrogens with two attached hydrogens (primary N) is 1. The third kappa shape index (κ3) is 3.84. The maximum Gasteiger partial charge on any atom is 0.220 e. The highest BCUT2D eigenvalue weighted by Gasteiger charge is 2.06. The van der Waals surface area contributed by atoms with Crippen LogP contribution in [0.25, 0.3) is 10.9 Å². The molecular formula is C16H23N3O. The first-order chi connectivity index (χ1) is 9.70. The largest absolute Gasteiger partial charge is 0.356 e. The minimum absolute atomic E-state index is 0.0975. The van der Waals surface area contributed by atoms with Gasteiger partial charge in [0.1, 0.15) is 0 Å². The van der Waals surface area contributed by atoms with Gasteiger partial charge >= 0.3 is 0 Å². The Morgan fingerprint density at radius 1 is 1.35 bits per heavy atom. The number of amides is 1. The summed E-state index contributed by atoms with van der Waals surface area (Å²) < 4.78 is 2.23. The summed E-state index contributed by atoms with van der Waals surface area (Å²) in [5, 5.41) is 4.21. The third-order valence-electron chi connectivity index (χ3n) is 3.51. The zero-order valence-corrected chi connectivity index (χ0v) is 12.0. The number of rotatable bonds is 7. The highest BCUT2D eigenvalue weighted by Crippen LogP contribution is 2.15. The molecule has 0 bridgehead atoms. The van der Waals surface area contributed by atoms with Crippen molar-refractivity contribution in [3.63, 3.8) is 0 Å². The number of aromatic nitrogens is 1. The SMILES string of the molecule is CC(CN)CC(=O)NCCCn1ccc2ccccc21. The fourth-order valence-corrected chi connectivity index (χ4v) is 2.28. The van der Waals surface area contributed by atoms with Gasteiger partial charge in [-0.05, 0) is 36.4 Å². The van der Waals surface area contributed by atoms with Crippen LogP contribution in [-0.2, 0) is 11.3 Å². The maximum absolute atomic E-state index is 11.6. The van der Waals surface area contributed by atoms with Gasteiger partial charge in [0.2, 0.25) is 5.91 Å². The molecule has 3 N–H and O–H groups in total. The van der Waals surface area contributed by atoms with E-state index >= 15 is 0 Å². The Hall–Kier alpha value is -1.81. The first-order valence-electron chi connectivity index (χ1n) is 7.21. The van der Waals surface area contributed by atoms with Crippen LogP contribution in [0.2, 0.25) is 0 Å². The molecule has 4 nitrogen and oxygen atoms in total. The lowest BCUT2D eigenvalue weighted by atomic mass is 10.1. The zero-order valence-electron chi connectivity index (χ0n) is 12.0. The van der Waals surface area contributed by atoms with E-state index in [4.69, 9.17) is 5.73 Å². The molecule has 0 saturated heterocycles. The summed E-state index contributed by atoms with van der Waals surface area (Å²) in [7, 11) is 0. The van der Waals surface area contributed by atoms with Gasteiger partial charge in [-0.1, -0.05) is 25.1 Å². The number of carbonyl (C=O) groups excluding carboxylic acids is 1. The van der Waals surface area contributed by atoms with E-state index in [2.05, 4.69) is 40.3 Å². The van der Waals surface area contributed by atoms with E-state index in [1.807, 2.05) is 13.0 Å². The topological polar surface area (TPSA) is 60.1 Å². The Bertz CT molecular complexity index is 562. The van der Waals surface area contributed by atoms with E-state index in [9.17, 15) is 4.79 Å². The number of hydrogen-bond acceptors (Lipinski definition) is 2. The summed E-state index contributed by atoms with van der Waals surface area (Å²) in [5.41, 5.74) is 6.75. The zero-order chi connectivity index (χ0) is 14.4. The minimum Gasteiger partial charge on any atom is -0.356 e. The lowest BCUT2D eigenvalue weighted by Gasteiger charge is -2.10. The average molecular weight is 273 g/mol. The van der Waals surface area contributed by atoms with Crippen molar-refractivity contribution in [1.29, 1.82) is 0 Å². The van der Waals surface area contributed by atoms with Gasteiger partial charge in [0, 0.05) is 31.2 Å². The summed E-state index contributed by atoms with van der Waals surface area (Å²) in [6.45, 7) is 4.18. The molecule has 0 radical (unpaired) electrons. The molecule has 1 aromatic heterocycles. The van der Waals surface area contributed by atoms with Crippen LogP contribution in [0.5, 0.6) is 0 Å². The predicted octanol–water partition coefficient (Wildman–Crippen LogP) is 2.13. The van der Waals surface area contributed by atoms with Crippen LogP contribution in [0.3, 0.4) is 0 Å². The molecule has 0 aliphatic carbocycles. The molecule has 0 aliphatic rings. The molecule has 1 atom stereocenters. The number of fused-ring (bicyclic) bond motifs is 1. The van der Waals surface area contributed by atoms with Crippen LogP contribution in [-0.4, -0.2) is 23.6 Å². The smallest absolute Gasteiger partial charge is 0.220 e. The average Bonchev–Trinajstić information content (AvgIpc) is 2.87. The second kappa shape index (κ2) is 7.10. The Morgan fingerprint density at radius 2 is 2.15 bits per heavy atom. The highest BCUT2D eigenvalue weighted by atomic mass is 16.1. The molecule has 1 heterocycles. The number of hydrogen-bond donors (Lipinski definition) is 2. The standard InChI is InChI=1S/C16H23N3O/c1-13(12-17)11-16(20)18-8-4-9-19-10-7-14-5-2-3-6-15(14)19/h2-3,5-7,10,13H,4,8-9,11-12,17H2,1H3,(H,18,20). The molecule has 108 valence electrons. The van der Waals surface area contributed by atoms with Crippen molar-refractivity contribution in [3.8, 4) is 0 Å². The molecule has 2 rings (SSSR count). The fraction of sp³-hybridized carbons (Fsp3) is 0.438. The molecule has 0 saturated carbocycles. The van der Waals surface area contributed by atoms with Gasteiger partial charge in [-0.15, -0.1) is 0 Å². The summed E-state index contributed by atoms with van der Waals surface area (Å²) in [6, 6.07) is 10.5. The van der Waals surface area contributed by atoms with Gasteiger partial charge in [0.05, 0.1) is 0 Å². The van der Waals surface area contributed by atoms with Crippen molar-refractivity contribution in [2.24, 2.45) is 11.7 Å². The number of carbonyl (C=O) groups is 1. The molecular weight excluding hydrogens is 250 g/mol. The number of benzene rings is 1. The molecule has 0 spiro atoms. The third-order valence-corrected chi connectivity index (χ3v) is 3.51. The molecule has 0 fully saturated rings. The molecule has 20 heavy (non-hydrogen) atoms. The Labute approximate surface area is 120 Å². The quantitative estimate of drug-likeness (QED) is 0.759.